The summed E-state index contributed by atoms with van der Waals surface area (Å²) in [6, 6.07) is 32.7. The van der Waals surface area contributed by atoms with Crippen LogP contribution in [0.1, 0.15) is 46.6 Å². The second-order valence-electron chi connectivity index (χ2n) is 7.51. The Morgan fingerprint density at radius 2 is 1.44 bits per heavy atom. The van der Waals surface area contributed by atoms with Gasteiger partial charge in [0.2, 0.25) is 0 Å². The lowest BCUT2D eigenvalue weighted by Gasteiger charge is -2.41. The Morgan fingerprint density at radius 3 is 2.19 bits per heavy atom. The Balaban J connectivity index is 1.86. The zero-order chi connectivity index (χ0) is 18.4. The molecule has 0 bridgehead atoms. The second-order valence-corrected chi connectivity index (χ2v) is 7.51. The van der Waals surface area contributed by atoms with Crippen molar-refractivity contribution in [1.29, 1.82) is 0 Å². The van der Waals surface area contributed by atoms with Crippen LogP contribution in [0.2, 0.25) is 0 Å². The average molecular weight is 350 g/mol. The molecule has 0 fully saturated rings. The monoisotopic (exact) mass is 350 g/mol. The number of nitrogens with zero attached hydrogens (tertiary/aromatic N) is 2. The largest absolute Gasteiger partial charge is 0.256 e. The molecule has 0 amide bonds. The van der Waals surface area contributed by atoms with Crippen LogP contribution in [0.25, 0.3) is 0 Å². The van der Waals surface area contributed by atoms with E-state index in [0.29, 0.717) is 0 Å². The van der Waals surface area contributed by atoms with Gasteiger partial charge < -0.3 is 0 Å². The van der Waals surface area contributed by atoms with Gasteiger partial charge in [0.25, 0.3) is 0 Å². The normalized spacial score (nSPS) is 20.7. The Kier molecular flexibility index (Phi) is 3.54. The van der Waals surface area contributed by atoms with Crippen LogP contribution in [0.5, 0.6) is 0 Å². The van der Waals surface area contributed by atoms with E-state index >= 15 is 0 Å². The Bertz CT molecular complexity index is 1100. The second kappa shape index (κ2) is 5.95. The summed E-state index contributed by atoms with van der Waals surface area (Å²) in [7, 11) is 0. The van der Waals surface area contributed by atoms with E-state index in [4.69, 9.17) is 5.10 Å². The fourth-order valence-corrected chi connectivity index (χ4v) is 4.58. The first-order chi connectivity index (χ1) is 13.2. The summed E-state index contributed by atoms with van der Waals surface area (Å²) in [5, 5.41) is 4.95. The molecular weight excluding hydrogens is 328 g/mol. The van der Waals surface area contributed by atoms with Crippen molar-refractivity contribution in [2.45, 2.75) is 25.3 Å². The van der Waals surface area contributed by atoms with Gasteiger partial charge in [-0.3, -0.25) is 4.68 Å². The molecule has 1 aliphatic heterocycles. The van der Waals surface area contributed by atoms with Crippen LogP contribution in [0.3, 0.4) is 0 Å². The highest BCUT2D eigenvalue weighted by atomic mass is 15.3. The van der Waals surface area contributed by atoms with Crippen LogP contribution in [-0.4, -0.2) is 9.78 Å². The lowest BCUT2D eigenvalue weighted by Crippen LogP contribution is -2.37. The predicted molar refractivity (Wildman–Crippen MR) is 109 cm³/mol. The summed E-state index contributed by atoms with van der Waals surface area (Å²) < 4.78 is 2.24. The third-order valence-electron chi connectivity index (χ3n) is 5.88. The standard InChI is InChI=1S/C25H22N2/c1-18-17-23-25(2,20-13-7-4-8-14-20)22-16-10-9-15-21(22)24(27(23)26-18)19-11-5-3-6-12-19/h3-17,24H,1-2H3. The van der Waals surface area contributed by atoms with Crippen LogP contribution in [0.4, 0.5) is 0 Å². The fourth-order valence-electron chi connectivity index (χ4n) is 4.58. The minimum Gasteiger partial charge on any atom is -0.256 e. The minimum absolute atomic E-state index is 0.0999. The van der Waals surface area contributed by atoms with Gasteiger partial charge in [0.05, 0.1) is 16.8 Å². The average Bonchev–Trinajstić information content (AvgIpc) is 3.11. The first kappa shape index (κ1) is 16.1. The predicted octanol–water partition coefficient (Wildman–Crippen LogP) is 5.50. The molecule has 1 aromatic heterocycles. The Morgan fingerprint density at radius 1 is 0.815 bits per heavy atom. The van der Waals surface area contributed by atoms with E-state index in [1.807, 2.05) is 0 Å². The van der Waals surface area contributed by atoms with Gasteiger partial charge in [-0.25, -0.2) is 0 Å². The van der Waals surface area contributed by atoms with E-state index in [1.165, 1.54) is 27.9 Å². The molecule has 0 saturated carbocycles. The first-order valence-corrected chi connectivity index (χ1v) is 9.46. The highest BCUT2D eigenvalue weighted by Crippen LogP contribution is 2.48. The number of hydrogen-bond acceptors (Lipinski definition) is 1. The molecular formula is C25H22N2. The lowest BCUT2D eigenvalue weighted by molar-refractivity contribution is 0.473. The van der Waals surface area contributed by atoms with Gasteiger partial charge in [-0.15, -0.1) is 0 Å². The van der Waals surface area contributed by atoms with Crippen molar-refractivity contribution in [2.24, 2.45) is 0 Å². The summed E-state index contributed by atoms with van der Waals surface area (Å²) in [6.45, 7) is 4.42. The van der Waals surface area contributed by atoms with Gasteiger partial charge in [0.1, 0.15) is 6.04 Å². The number of rotatable bonds is 2. The summed E-state index contributed by atoms with van der Waals surface area (Å²) >= 11 is 0. The van der Waals surface area contributed by atoms with E-state index < -0.39 is 0 Å². The molecule has 2 unspecified atom stereocenters. The molecule has 0 aliphatic carbocycles. The van der Waals surface area contributed by atoms with E-state index in [1.54, 1.807) is 0 Å². The molecule has 0 spiro atoms. The smallest absolute Gasteiger partial charge is 0.103 e. The van der Waals surface area contributed by atoms with Gasteiger partial charge in [0, 0.05) is 0 Å². The maximum atomic E-state index is 4.95. The molecule has 4 aromatic rings. The van der Waals surface area contributed by atoms with Gasteiger partial charge in [0.15, 0.2) is 0 Å². The fraction of sp³-hybridized carbons (Fsp3) is 0.160. The van der Waals surface area contributed by atoms with Crippen LogP contribution >= 0.6 is 0 Å². The Hall–Kier alpha value is -3.13. The highest BCUT2D eigenvalue weighted by molar-refractivity contribution is 5.56. The number of aryl methyl sites for hydroxylation is 1. The molecule has 2 heterocycles. The van der Waals surface area contributed by atoms with E-state index in [2.05, 4.69) is 110 Å². The zero-order valence-corrected chi connectivity index (χ0v) is 15.6. The quantitative estimate of drug-likeness (QED) is 0.467. The molecule has 27 heavy (non-hydrogen) atoms. The van der Waals surface area contributed by atoms with E-state index in [-0.39, 0.29) is 11.5 Å². The van der Waals surface area contributed by atoms with E-state index in [0.717, 1.165) is 5.69 Å². The molecule has 2 atom stereocenters. The van der Waals surface area contributed by atoms with Gasteiger partial charge in [-0.05, 0) is 42.2 Å². The summed E-state index contributed by atoms with van der Waals surface area (Å²) in [6.07, 6.45) is 0. The molecule has 1 aliphatic rings. The molecule has 2 heteroatoms. The first-order valence-electron chi connectivity index (χ1n) is 9.46. The SMILES string of the molecule is Cc1cc2n(n1)C(c1ccccc1)c1ccccc1C2(C)c1ccccc1. The third-order valence-corrected chi connectivity index (χ3v) is 5.88. The lowest BCUT2D eigenvalue weighted by atomic mass is 9.68. The molecule has 0 saturated heterocycles. The molecule has 132 valence electrons. The molecule has 3 aromatic carbocycles. The van der Waals surface area contributed by atoms with Crippen molar-refractivity contribution in [1.82, 2.24) is 9.78 Å². The number of benzene rings is 3. The van der Waals surface area contributed by atoms with Crippen molar-refractivity contribution < 1.29 is 0 Å². The van der Waals surface area contributed by atoms with Crippen molar-refractivity contribution in [3.63, 3.8) is 0 Å². The molecule has 0 N–H and O–H groups in total. The minimum atomic E-state index is -0.232. The topological polar surface area (TPSA) is 17.8 Å². The third kappa shape index (κ3) is 2.30. The van der Waals surface area contributed by atoms with E-state index in [9.17, 15) is 0 Å². The van der Waals surface area contributed by atoms with Crippen molar-refractivity contribution in [2.75, 3.05) is 0 Å². The highest BCUT2D eigenvalue weighted by Gasteiger charge is 2.43. The van der Waals surface area contributed by atoms with Crippen LogP contribution in [0, 0.1) is 6.92 Å². The molecule has 5 rings (SSSR count). The van der Waals surface area contributed by atoms with Crippen molar-refractivity contribution in [3.05, 3.63) is 125 Å². The maximum Gasteiger partial charge on any atom is 0.103 e. The van der Waals surface area contributed by atoms with Gasteiger partial charge in [-0.1, -0.05) is 84.9 Å². The number of hydrogen-bond donors (Lipinski definition) is 0. The van der Waals surface area contributed by atoms with Gasteiger partial charge >= 0.3 is 0 Å². The van der Waals surface area contributed by atoms with Crippen LogP contribution < -0.4 is 0 Å². The van der Waals surface area contributed by atoms with Gasteiger partial charge in [-0.2, -0.15) is 5.10 Å². The van der Waals surface area contributed by atoms with Crippen molar-refractivity contribution in [3.8, 4) is 0 Å². The number of fused-ring (bicyclic) bond motifs is 2. The Labute approximate surface area is 160 Å². The van der Waals surface area contributed by atoms with Crippen LogP contribution in [0.15, 0.2) is 91.0 Å². The summed E-state index contributed by atoms with van der Waals surface area (Å²) in [5.74, 6) is 0. The van der Waals surface area contributed by atoms with Crippen LogP contribution in [-0.2, 0) is 5.41 Å². The maximum absolute atomic E-state index is 4.95. The van der Waals surface area contributed by atoms with Crippen molar-refractivity contribution >= 4 is 0 Å². The molecule has 0 radical (unpaired) electrons. The zero-order valence-electron chi connectivity index (χ0n) is 15.6. The number of aromatic nitrogens is 2. The summed E-state index contributed by atoms with van der Waals surface area (Å²) in [4.78, 5) is 0. The summed E-state index contributed by atoms with van der Waals surface area (Å²) in [5.41, 5.74) is 7.32. The molecule has 2 nitrogen and oxygen atoms in total.